The van der Waals surface area contributed by atoms with Crippen molar-refractivity contribution >= 4 is 16.6 Å². The molecule has 2 rings (SSSR count). The predicted octanol–water partition coefficient (Wildman–Crippen LogP) is 2.10. The normalized spacial score (nSPS) is 10.9. The van der Waals surface area contributed by atoms with Crippen molar-refractivity contribution in [2.45, 2.75) is 13.8 Å². The first kappa shape index (κ1) is 9.64. The molecular weight excluding hydrogens is 194 g/mol. The summed E-state index contributed by atoms with van der Waals surface area (Å²) in [6.07, 6.45) is 0. The van der Waals surface area contributed by atoms with Gasteiger partial charge in [-0.05, 0) is 19.9 Å². The number of nitrogens with zero attached hydrogens (tertiary/aromatic N) is 3. The molecule has 0 spiro atoms. The largest absolute Gasteiger partial charge is 0.274 e. The lowest BCUT2D eigenvalue weighted by molar-refractivity contribution is -0.385. The van der Waals surface area contributed by atoms with Crippen molar-refractivity contribution in [3.05, 3.63) is 33.5 Å². The second-order valence-corrected chi connectivity index (χ2v) is 3.62. The SMILES string of the molecule is Cc1cc2c(C)n(C)nc2cc1[N+](=O)[O-]. The molecule has 0 N–H and O–H groups in total. The number of rotatable bonds is 1. The molecule has 5 heteroatoms. The summed E-state index contributed by atoms with van der Waals surface area (Å²) in [4.78, 5) is 10.4. The smallest absolute Gasteiger partial charge is 0.272 e. The molecule has 1 aromatic heterocycles. The first-order valence-corrected chi connectivity index (χ1v) is 4.59. The van der Waals surface area contributed by atoms with Crippen molar-refractivity contribution in [3.63, 3.8) is 0 Å². The van der Waals surface area contributed by atoms with Gasteiger partial charge in [-0.25, -0.2) is 0 Å². The van der Waals surface area contributed by atoms with E-state index in [1.165, 1.54) is 6.07 Å². The van der Waals surface area contributed by atoms with Gasteiger partial charge >= 0.3 is 0 Å². The maximum atomic E-state index is 10.7. The molecule has 1 aromatic carbocycles. The highest BCUT2D eigenvalue weighted by Crippen LogP contribution is 2.26. The molecule has 0 fully saturated rings. The Hall–Kier alpha value is -1.91. The van der Waals surface area contributed by atoms with Gasteiger partial charge in [0.15, 0.2) is 0 Å². The van der Waals surface area contributed by atoms with Gasteiger partial charge in [-0.3, -0.25) is 14.8 Å². The van der Waals surface area contributed by atoms with E-state index < -0.39 is 0 Å². The topological polar surface area (TPSA) is 61.0 Å². The highest BCUT2D eigenvalue weighted by Gasteiger charge is 2.14. The highest BCUT2D eigenvalue weighted by atomic mass is 16.6. The third-order valence-electron chi connectivity index (χ3n) is 2.64. The van der Waals surface area contributed by atoms with Crippen LogP contribution in [0, 0.1) is 24.0 Å². The number of aromatic nitrogens is 2. The molecule has 0 atom stereocenters. The Morgan fingerprint density at radius 2 is 2.07 bits per heavy atom. The number of fused-ring (bicyclic) bond motifs is 1. The van der Waals surface area contributed by atoms with Crippen LogP contribution >= 0.6 is 0 Å². The van der Waals surface area contributed by atoms with Gasteiger partial charge in [0.05, 0.1) is 10.4 Å². The van der Waals surface area contributed by atoms with Crippen LogP contribution in [-0.2, 0) is 7.05 Å². The second kappa shape index (κ2) is 3.05. The molecule has 0 radical (unpaired) electrons. The third kappa shape index (κ3) is 1.36. The molecular formula is C10H11N3O2. The molecule has 0 saturated carbocycles. The molecule has 0 saturated heterocycles. The Bertz CT molecular complexity index is 557. The lowest BCUT2D eigenvalue weighted by Crippen LogP contribution is -1.91. The zero-order valence-corrected chi connectivity index (χ0v) is 8.81. The summed E-state index contributed by atoms with van der Waals surface area (Å²) in [6.45, 7) is 3.69. The van der Waals surface area contributed by atoms with Gasteiger partial charge in [-0.2, -0.15) is 5.10 Å². The van der Waals surface area contributed by atoms with Gasteiger partial charge in [0.1, 0.15) is 0 Å². The molecule has 0 aliphatic carbocycles. The Kier molecular flexibility index (Phi) is 1.96. The highest BCUT2D eigenvalue weighted by molar-refractivity contribution is 5.84. The number of benzene rings is 1. The van der Waals surface area contributed by atoms with Crippen LogP contribution in [0.5, 0.6) is 0 Å². The zero-order valence-electron chi connectivity index (χ0n) is 8.81. The summed E-state index contributed by atoms with van der Waals surface area (Å²) in [5.41, 5.74) is 2.49. The van der Waals surface area contributed by atoms with E-state index in [2.05, 4.69) is 5.10 Å². The Balaban J connectivity index is 2.82. The molecule has 1 heterocycles. The first-order chi connectivity index (χ1) is 7.00. The fourth-order valence-electron chi connectivity index (χ4n) is 1.67. The molecule has 0 aliphatic rings. The predicted molar refractivity (Wildman–Crippen MR) is 56.8 cm³/mol. The monoisotopic (exact) mass is 205 g/mol. The molecule has 2 aromatic rings. The van der Waals surface area contributed by atoms with Crippen molar-refractivity contribution in [3.8, 4) is 0 Å². The minimum Gasteiger partial charge on any atom is -0.272 e. The average molecular weight is 205 g/mol. The van der Waals surface area contributed by atoms with E-state index in [1.54, 1.807) is 11.6 Å². The van der Waals surface area contributed by atoms with Gasteiger partial charge in [0.25, 0.3) is 5.69 Å². The van der Waals surface area contributed by atoms with Crippen molar-refractivity contribution in [1.82, 2.24) is 9.78 Å². The van der Waals surface area contributed by atoms with E-state index in [9.17, 15) is 10.1 Å². The van der Waals surface area contributed by atoms with Crippen LogP contribution in [0.2, 0.25) is 0 Å². The number of hydrogen-bond donors (Lipinski definition) is 0. The summed E-state index contributed by atoms with van der Waals surface area (Å²) in [6, 6.07) is 3.34. The van der Waals surface area contributed by atoms with E-state index in [-0.39, 0.29) is 10.6 Å². The van der Waals surface area contributed by atoms with Gasteiger partial charge < -0.3 is 0 Å². The fourth-order valence-corrected chi connectivity index (χ4v) is 1.67. The minimum absolute atomic E-state index is 0.126. The van der Waals surface area contributed by atoms with E-state index >= 15 is 0 Å². The van der Waals surface area contributed by atoms with Crippen molar-refractivity contribution in [2.24, 2.45) is 7.05 Å². The number of aryl methyl sites for hydroxylation is 3. The number of nitro groups is 1. The van der Waals surface area contributed by atoms with E-state index in [0.29, 0.717) is 11.1 Å². The lowest BCUT2D eigenvalue weighted by atomic mass is 10.1. The molecule has 0 bridgehead atoms. The maximum Gasteiger partial charge on any atom is 0.274 e. The summed E-state index contributed by atoms with van der Waals surface area (Å²) in [5, 5.41) is 15.9. The average Bonchev–Trinajstić information content (AvgIpc) is 2.43. The minimum atomic E-state index is -0.376. The van der Waals surface area contributed by atoms with Gasteiger partial charge in [0, 0.05) is 29.8 Å². The fraction of sp³-hybridized carbons (Fsp3) is 0.300. The summed E-state index contributed by atoms with van der Waals surface area (Å²) in [7, 11) is 1.83. The Morgan fingerprint density at radius 3 is 2.67 bits per heavy atom. The number of hydrogen-bond acceptors (Lipinski definition) is 3. The molecule has 0 amide bonds. The van der Waals surface area contributed by atoms with Crippen LogP contribution in [0.4, 0.5) is 5.69 Å². The van der Waals surface area contributed by atoms with Gasteiger partial charge in [-0.15, -0.1) is 0 Å². The molecule has 78 valence electrons. The van der Waals surface area contributed by atoms with E-state index in [4.69, 9.17) is 0 Å². The quantitative estimate of drug-likeness (QED) is 0.529. The summed E-state index contributed by atoms with van der Waals surface area (Å²) >= 11 is 0. The molecule has 0 aliphatic heterocycles. The van der Waals surface area contributed by atoms with Crippen molar-refractivity contribution in [1.29, 1.82) is 0 Å². The van der Waals surface area contributed by atoms with Crippen LogP contribution in [-0.4, -0.2) is 14.7 Å². The lowest BCUT2D eigenvalue weighted by Gasteiger charge is -1.96. The van der Waals surface area contributed by atoms with Gasteiger partial charge in [-0.1, -0.05) is 0 Å². The van der Waals surface area contributed by atoms with Gasteiger partial charge in [0.2, 0.25) is 0 Å². The van der Waals surface area contributed by atoms with E-state index in [1.807, 2.05) is 20.0 Å². The Morgan fingerprint density at radius 1 is 1.40 bits per heavy atom. The van der Waals surface area contributed by atoms with Crippen LogP contribution in [0.15, 0.2) is 12.1 Å². The van der Waals surface area contributed by atoms with Crippen LogP contribution in [0.25, 0.3) is 10.9 Å². The number of nitro benzene ring substituents is 1. The summed E-state index contributed by atoms with van der Waals surface area (Å²) < 4.78 is 1.73. The van der Waals surface area contributed by atoms with Crippen molar-refractivity contribution < 1.29 is 4.92 Å². The molecule has 5 nitrogen and oxygen atoms in total. The standard InChI is InChI=1S/C10H11N3O2/c1-6-4-8-7(2)12(3)11-9(8)5-10(6)13(14)15/h4-5H,1-3H3. The second-order valence-electron chi connectivity index (χ2n) is 3.62. The molecule has 0 unspecified atom stereocenters. The first-order valence-electron chi connectivity index (χ1n) is 4.59. The van der Waals surface area contributed by atoms with Crippen LogP contribution in [0.3, 0.4) is 0 Å². The zero-order chi connectivity index (χ0) is 11.2. The van der Waals surface area contributed by atoms with Crippen LogP contribution < -0.4 is 0 Å². The Labute approximate surface area is 86.5 Å². The van der Waals surface area contributed by atoms with Crippen molar-refractivity contribution in [2.75, 3.05) is 0 Å². The maximum absolute atomic E-state index is 10.7. The molecule has 15 heavy (non-hydrogen) atoms. The third-order valence-corrected chi connectivity index (χ3v) is 2.64. The summed E-state index contributed by atoms with van der Waals surface area (Å²) in [5.74, 6) is 0. The van der Waals surface area contributed by atoms with Crippen LogP contribution in [0.1, 0.15) is 11.3 Å². The van der Waals surface area contributed by atoms with E-state index in [0.717, 1.165) is 11.1 Å².